The minimum atomic E-state index is -0.169. The molecule has 1 saturated carbocycles. The molecule has 2 heterocycles. The fourth-order valence-electron chi connectivity index (χ4n) is 4.94. The highest BCUT2D eigenvalue weighted by molar-refractivity contribution is 6.00. The highest BCUT2D eigenvalue weighted by Gasteiger charge is 2.28. The van der Waals surface area contributed by atoms with Crippen molar-refractivity contribution in [1.29, 1.82) is 0 Å². The molecule has 1 aliphatic carbocycles. The SMILES string of the molecule is C=C/C(CC)=C(\C=C)c1noc(C)c1C(=O)NC1CCC(Nc2nc(N(C)C)c3ccccc3n2)CC1.CC. The molecule has 2 aromatic heterocycles. The molecule has 1 amide bonds. The maximum absolute atomic E-state index is 13.3. The van der Waals surface area contributed by atoms with E-state index in [4.69, 9.17) is 14.5 Å². The van der Waals surface area contributed by atoms with E-state index < -0.39 is 0 Å². The number of allylic oxidation sites excluding steroid dienone is 4. The first-order chi connectivity index (χ1) is 18.9. The summed E-state index contributed by atoms with van der Waals surface area (Å²) in [5.41, 5.74) is 3.64. The van der Waals surface area contributed by atoms with Gasteiger partial charge < -0.3 is 20.1 Å². The molecule has 0 bridgehead atoms. The van der Waals surface area contributed by atoms with Crippen LogP contribution in [0.3, 0.4) is 0 Å². The number of nitrogens with zero attached hydrogens (tertiary/aromatic N) is 4. The number of aromatic nitrogens is 3. The lowest BCUT2D eigenvalue weighted by molar-refractivity contribution is 0.0925. The minimum Gasteiger partial charge on any atom is -0.362 e. The first-order valence-corrected chi connectivity index (χ1v) is 13.8. The lowest BCUT2D eigenvalue weighted by Gasteiger charge is -2.30. The highest BCUT2D eigenvalue weighted by Crippen LogP contribution is 2.29. The Morgan fingerprint density at radius 1 is 1.08 bits per heavy atom. The van der Waals surface area contributed by atoms with Gasteiger partial charge in [0, 0.05) is 37.1 Å². The summed E-state index contributed by atoms with van der Waals surface area (Å²) in [6.45, 7) is 15.6. The Kier molecular flexibility index (Phi) is 10.4. The summed E-state index contributed by atoms with van der Waals surface area (Å²) in [6, 6.07) is 8.36. The zero-order chi connectivity index (χ0) is 28.5. The predicted octanol–water partition coefficient (Wildman–Crippen LogP) is 6.71. The third kappa shape index (κ3) is 6.74. The van der Waals surface area contributed by atoms with E-state index in [2.05, 4.69) is 28.9 Å². The van der Waals surface area contributed by atoms with Crippen molar-refractivity contribution in [1.82, 2.24) is 20.4 Å². The van der Waals surface area contributed by atoms with Crippen molar-refractivity contribution in [3.63, 3.8) is 0 Å². The molecule has 8 nitrogen and oxygen atoms in total. The number of amides is 1. The Labute approximate surface area is 232 Å². The first-order valence-electron chi connectivity index (χ1n) is 13.8. The number of benzene rings is 1. The van der Waals surface area contributed by atoms with Crippen LogP contribution in [0.2, 0.25) is 0 Å². The summed E-state index contributed by atoms with van der Waals surface area (Å²) < 4.78 is 5.41. The fraction of sp³-hybridized carbons (Fsp3) is 0.419. The molecule has 208 valence electrons. The molecule has 39 heavy (non-hydrogen) atoms. The van der Waals surface area contributed by atoms with E-state index >= 15 is 0 Å². The van der Waals surface area contributed by atoms with E-state index in [1.165, 1.54) is 0 Å². The second-order valence-corrected chi connectivity index (χ2v) is 9.61. The number of anilines is 2. The highest BCUT2D eigenvalue weighted by atomic mass is 16.5. The third-order valence-electron chi connectivity index (χ3n) is 6.92. The van der Waals surface area contributed by atoms with Crippen LogP contribution in [0.5, 0.6) is 0 Å². The van der Waals surface area contributed by atoms with Gasteiger partial charge in [0.15, 0.2) is 0 Å². The van der Waals surface area contributed by atoms with Crippen LogP contribution in [-0.4, -0.2) is 47.2 Å². The zero-order valence-electron chi connectivity index (χ0n) is 24.2. The molecule has 0 aliphatic heterocycles. The molecular formula is C31H42N6O2. The second kappa shape index (κ2) is 13.7. The molecule has 0 atom stereocenters. The Balaban J connectivity index is 0.00000205. The van der Waals surface area contributed by atoms with Gasteiger partial charge >= 0.3 is 0 Å². The van der Waals surface area contributed by atoms with Gasteiger partial charge in [-0.05, 0) is 56.7 Å². The van der Waals surface area contributed by atoms with Crippen LogP contribution in [0.15, 0.2) is 59.7 Å². The van der Waals surface area contributed by atoms with Crippen LogP contribution in [0.1, 0.15) is 74.7 Å². The number of carbonyl (C=O) groups is 1. The maximum Gasteiger partial charge on any atom is 0.257 e. The van der Waals surface area contributed by atoms with Crippen LogP contribution < -0.4 is 15.5 Å². The van der Waals surface area contributed by atoms with Crippen LogP contribution in [0, 0.1) is 6.92 Å². The van der Waals surface area contributed by atoms with Crippen molar-refractivity contribution in [2.75, 3.05) is 24.3 Å². The zero-order valence-corrected chi connectivity index (χ0v) is 24.2. The molecule has 8 heteroatoms. The smallest absolute Gasteiger partial charge is 0.257 e. The number of nitrogens with one attached hydrogen (secondary N) is 2. The van der Waals surface area contributed by atoms with Crippen molar-refractivity contribution >= 4 is 34.1 Å². The number of rotatable bonds is 9. The Hall–Kier alpha value is -3.94. The maximum atomic E-state index is 13.3. The Bertz CT molecular complexity index is 1330. The summed E-state index contributed by atoms with van der Waals surface area (Å²) in [6.07, 6.45) is 7.76. The molecule has 0 radical (unpaired) electrons. The monoisotopic (exact) mass is 530 g/mol. The molecule has 1 aliphatic rings. The number of aryl methyl sites for hydroxylation is 1. The van der Waals surface area contributed by atoms with Gasteiger partial charge in [0.25, 0.3) is 5.91 Å². The van der Waals surface area contributed by atoms with Crippen LogP contribution in [-0.2, 0) is 0 Å². The molecule has 4 rings (SSSR count). The van der Waals surface area contributed by atoms with Gasteiger partial charge in [0.1, 0.15) is 22.8 Å². The molecule has 0 spiro atoms. The summed E-state index contributed by atoms with van der Waals surface area (Å²) in [4.78, 5) is 24.8. The van der Waals surface area contributed by atoms with Gasteiger partial charge in [-0.25, -0.2) is 4.98 Å². The molecule has 0 saturated heterocycles. The lowest BCUT2D eigenvalue weighted by Crippen LogP contribution is -2.40. The van der Waals surface area contributed by atoms with E-state index in [1.54, 1.807) is 19.1 Å². The van der Waals surface area contributed by atoms with E-state index in [0.29, 0.717) is 23.0 Å². The number of fused-ring (bicyclic) bond motifs is 1. The number of hydrogen-bond acceptors (Lipinski definition) is 7. The van der Waals surface area contributed by atoms with Crippen LogP contribution in [0.25, 0.3) is 16.5 Å². The second-order valence-electron chi connectivity index (χ2n) is 9.61. The van der Waals surface area contributed by atoms with Crippen LogP contribution in [0.4, 0.5) is 11.8 Å². The standard InChI is InChI=1S/C29H36N6O2.C2H6/c1-7-19(8-2)22(9-3)26-25(18(4)37-34-26)28(36)30-20-14-16-21(17-15-20)31-29-32-24-13-11-10-12-23(24)27(33-29)35(5)6;1-2/h7,9-13,20-21H,1,3,8,14-17H2,2,4-6H3,(H,30,36)(H,31,32,33);1-2H3/b22-19-;. The molecule has 3 aromatic rings. The van der Waals surface area contributed by atoms with E-state index in [1.807, 2.05) is 64.0 Å². The largest absolute Gasteiger partial charge is 0.362 e. The third-order valence-corrected chi connectivity index (χ3v) is 6.92. The van der Waals surface area contributed by atoms with Gasteiger partial charge in [0.2, 0.25) is 5.95 Å². The topological polar surface area (TPSA) is 96.2 Å². The molecule has 1 aromatic carbocycles. The fourth-order valence-corrected chi connectivity index (χ4v) is 4.94. The first kappa shape index (κ1) is 29.6. The van der Waals surface area contributed by atoms with E-state index in [0.717, 1.165) is 60.0 Å². The summed E-state index contributed by atoms with van der Waals surface area (Å²) in [7, 11) is 3.98. The normalized spacial score (nSPS) is 17.4. The number of para-hydroxylation sites is 1. The van der Waals surface area contributed by atoms with Crippen molar-refractivity contribution in [2.45, 2.75) is 71.9 Å². The average Bonchev–Trinajstić information content (AvgIpc) is 3.34. The predicted molar refractivity (Wildman–Crippen MR) is 161 cm³/mol. The lowest BCUT2D eigenvalue weighted by atomic mass is 9.90. The van der Waals surface area contributed by atoms with Gasteiger partial charge in [-0.2, -0.15) is 4.98 Å². The van der Waals surface area contributed by atoms with Gasteiger partial charge in [-0.1, -0.05) is 63.4 Å². The molecule has 0 unspecified atom stereocenters. The molecule has 2 N–H and O–H groups in total. The van der Waals surface area contributed by atoms with Crippen molar-refractivity contribution < 1.29 is 9.32 Å². The van der Waals surface area contributed by atoms with E-state index in [9.17, 15) is 4.79 Å². The summed E-state index contributed by atoms with van der Waals surface area (Å²) >= 11 is 0. The van der Waals surface area contributed by atoms with Gasteiger partial charge in [0.05, 0.1) is 5.52 Å². The van der Waals surface area contributed by atoms with Crippen molar-refractivity contribution in [3.8, 4) is 0 Å². The van der Waals surface area contributed by atoms with E-state index in [-0.39, 0.29) is 18.0 Å². The average molecular weight is 531 g/mol. The van der Waals surface area contributed by atoms with Crippen molar-refractivity contribution in [2.24, 2.45) is 0 Å². The minimum absolute atomic E-state index is 0.0729. The molecule has 1 fully saturated rings. The summed E-state index contributed by atoms with van der Waals surface area (Å²) in [5, 5.41) is 11.9. The molecular weight excluding hydrogens is 488 g/mol. The summed E-state index contributed by atoms with van der Waals surface area (Å²) in [5.74, 6) is 1.85. The number of carbonyl (C=O) groups excluding carboxylic acids is 1. The van der Waals surface area contributed by atoms with Crippen molar-refractivity contribution in [3.05, 3.63) is 72.2 Å². The van der Waals surface area contributed by atoms with Gasteiger partial charge in [-0.15, -0.1) is 0 Å². The van der Waals surface area contributed by atoms with Crippen LogP contribution >= 0.6 is 0 Å². The quantitative estimate of drug-likeness (QED) is 0.297. The number of hydrogen-bond donors (Lipinski definition) is 2. The Morgan fingerprint density at radius 3 is 2.36 bits per heavy atom. The Morgan fingerprint density at radius 2 is 1.74 bits per heavy atom. The van der Waals surface area contributed by atoms with Gasteiger partial charge in [-0.3, -0.25) is 4.79 Å².